The number of ether oxygens (including phenoxy) is 2. The normalized spacial score (nSPS) is 26.1. The minimum Gasteiger partial charge on any atom is -0.469 e. The number of carbonyl (C=O) groups is 2. The highest BCUT2D eigenvalue weighted by Gasteiger charge is 2.42. The monoisotopic (exact) mass is 277 g/mol. The fraction of sp³-hybridized carbons (Fsp3) is 0.667. The van der Waals surface area contributed by atoms with E-state index in [9.17, 15) is 9.59 Å². The summed E-state index contributed by atoms with van der Waals surface area (Å²) in [5.41, 5.74) is 0.956. The predicted molar refractivity (Wildman–Crippen MR) is 69.5 cm³/mol. The first-order valence-electron chi connectivity index (χ1n) is 5.54. The van der Waals surface area contributed by atoms with Crippen LogP contribution in [0.4, 0.5) is 0 Å². The standard InChI is InChI=1S/C12H19NO4.ClH/c1-7(2)9-6-13-11(12(15)17-4)8(9)5-10(14)16-3;/h8-9,11,13H,1,5-6H2,2-4H3;1H/t8-,9+,11+;/m0./s1. The van der Waals surface area contributed by atoms with Gasteiger partial charge in [0.1, 0.15) is 6.04 Å². The number of hydrogen-bond donors (Lipinski definition) is 1. The Bertz CT molecular complexity index is 332. The second kappa shape index (κ2) is 7.38. The van der Waals surface area contributed by atoms with Crippen LogP contribution in [0.5, 0.6) is 0 Å². The predicted octanol–water partition coefficient (Wildman–Crippen LogP) is 0.925. The second-order valence-corrected chi connectivity index (χ2v) is 4.31. The quantitative estimate of drug-likeness (QED) is 0.612. The minimum atomic E-state index is -0.458. The zero-order valence-electron chi connectivity index (χ0n) is 10.9. The third-order valence-electron chi connectivity index (χ3n) is 3.22. The van der Waals surface area contributed by atoms with Crippen LogP contribution in [0.3, 0.4) is 0 Å². The Morgan fingerprint density at radius 1 is 1.33 bits per heavy atom. The fourth-order valence-electron chi connectivity index (χ4n) is 2.25. The number of rotatable bonds is 4. The van der Waals surface area contributed by atoms with Crippen LogP contribution >= 0.6 is 12.4 Å². The van der Waals surface area contributed by atoms with Crippen molar-refractivity contribution in [1.29, 1.82) is 0 Å². The fourth-order valence-corrected chi connectivity index (χ4v) is 2.25. The summed E-state index contributed by atoms with van der Waals surface area (Å²) in [6.07, 6.45) is 0.195. The lowest BCUT2D eigenvalue weighted by molar-refractivity contribution is -0.146. The van der Waals surface area contributed by atoms with Gasteiger partial charge in [-0.05, 0) is 12.8 Å². The molecule has 6 heteroatoms. The molecule has 1 aliphatic heterocycles. The molecular weight excluding hydrogens is 258 g/mol. The van der Waals surface area contributed by atoms with Crippen molar-refractivity contribution in [1.82, 2.24) is 5.32 Å². The Morgan fingerprint density at radius 3 is 2.39 bits per heavy atom. The van der Waals surface area contributed by atoms with Gasteiger partial charge in [-0.1, -0.05) is 12.2 Å². The molecule has 0 aromatic rings. The van der Waals surface area contributed by atoms with E-state index in [-0.39, 0.29) is 42.6 Å². The van der Waals surface area contributed by atoms with Gasteiger partial charge in [-0.2, -0.15) is 0 Å². The molecule has 0 aromatic heterocycles. The van der Waals surface area contributed by atoms with E-state index in [2.05, 4.69) is 16.6 Å². The first-order chi connectivity index (χ1) is 8.01. The summed E-state index contributed by atoms with van der Waals surface area (Å²) in [5.74, 6) is -0.716. The summed E-state index contributed by atoms with van der Waals surface area (Å²) in [6.45, 7) is 6.43. The summed E-state index contributed by atoms with van der Waals surface area (Å²) in [4.78, 5) is 23.0. The summed E-state index contributed by atoms with van der Waals surface area (Å²) >= 11 is 0. The van der Waals surface area contributed by atoms with E-state index in [1.165, 1.54) is 14.2 Å². The van der Waals surface area contributed by atoms with Crippen molar-refractivity contribution in [2.45, 2.75) is 19.4 Å². The molecule has 1 heterocycles. The van der Waals surface area contributed by atoms with Crippen LogP contribution in [-0.4, -0.2) is 38.7 Å². The van der Waals surface area contributed by atoms with Gasteiger partial charge in [0.2, 0.25) is 0 Å². The van der Waals surface area contributed by atoms with Gasteiger partial charge in [-0.15, -0.1) is 12.4 Å². The first kappa shape index (κ1) is 16.9. The van der Waals surface area contributed by atoms with Crippen LogP contribution < -0.4 is 5.32 Å². The lowest BCUT2D eigenvalue weighted by Crippen LogP contribution is -2.38. The smallest absolute Gasteiger partial charge is 0.323 e. The molecule has 1 N–H and O–H groups in total. The van der Waals surface area contributed by atoms with Crippen molar-refractivity contribution >= 4 is 24.3 Å². The van der Waals surface area contributed by atoms with Gasteiger partial charge < -0.3 is 14.8 Å². The number of hydrogen-bond acceptors (Lipinski definition) is 5. The maximum absolute atomic E-state index is 11.6. The molecule has 18 heavy (non-hydrogen) atoms. The van der Waals surface area contributed by atoms with Crippen LogP contribution in [0.2, 0.25) is 0 Å². The summed E-state index contributed by atoms with van der Waals surface area (Å²) in [7, 11) is 2.68. The number of halogens is 1. The van der Waals surface area contributed by atoms with E-state index in [0.717, 1.165) is 5.57 Å². The SMILES string of the molecule is C=C(C)[C@H]1CN[C@@H](C(=O)OC)[C@H]1CC(=O)OC.Cl. The van der Waals surface area contributed by atoms with Crippen LogP contribution in [0.15, 0.2) is 12.2 Å². The molecule has 3 atom stereocenters. The van der Waals surface area contributed by atoms with Crippen molar-refractivity contribution in [3.8, 4) is 0 Å². The van der Waals surface area contributed by atoms with Gasteiger partial charge in [-0.25, -0.2) is 0 Å². The largest absolute Gasteiger partial charge is 0.469 e. The van der Waals surface area contributed by atoms with Crippen LogP contribution in [0, 0.1) is 11.8 Å². The highest BCUT2D eigenvalue weighted by atomic mass is 35.5. The molecule has 0 unspecified atom stereocenters. The van der Waals surface area contributed by atoms with Crippen molar-refractivity contribution < 1.29 is 19.1 Å². The lowest BCUT2D eigenvalue weighted by atomic mass is 9.84. The zero-order valence-corrected chi connectivity index (χ0v) is 11.7. The zero-order chi connectivity index (χ0) is 13.0. The summed E-state index contributed by atoms with van der Waals surface area (Å²) < 4.78 is 9.38. The van der Waals surface area contributed by atoms with Gasteiger partial charge in [0, 0.05) is 12.5 Å². The third kappa shape index (κ3) is 3.71. The van der Waals surface area contributed by atoms with Crippen LogP contribution in [0.1, 0.15) is 13.3 Å². The molecule has 1 aliphatic rings. The van der Waals surface area contributed by atoms with Crippen molar-refractivity contribution in [3.05, 3.63) is 12.2 Å². The average Bonchev–Trinajstić information content (AvgIpc) is 2.71. The van der Waals surface area contributed by atoms with Crippen LogP contribution in [0.25, 0.3) is 0 Å². The molecule has 1 fully saturated rings. The van der Waals surface area contributed by atoms with Crippen molar-refractivity contribution in [3.63, 3.8) is 0 Å². The van der Waals surface area contributed by atoms with Crippen LogP contribution in [-0.2, 0) is 19.1 Å². The average molecular weight is 278 g/mol. The Kier molecular flexibility index (Phi) is 6.94. The maximum atomic E-state index is 11.6. The van der Waals surface area contributed by atoms with E-state index in [0.29, 0.717) is 6.54 Å². The van der Waals surface area contributed by atoms with Crippen molar-refractivity contribution in [2.75, 3.05) is 20.8 Å². The Morgan fingerprint density at radius 2 is 1.94 bits per heavy atom. The molecule has 0 saturated carbocycles. The topological polar surface area (TPSA) is 64.6 Å². The first-order valence-corrected chi connectivity index (χ1v) is 5.54. The van der Waals surface area contributed by atoms with Gasteiger partial charge in [0.25, 0.3) is 0 Å². The van der Waals surface area contributed by atoms with Gasteiger partial charge in [0.05, 0.1) is 20.6 Å². The second-order valence-electron chi connectivity index (χ2n) is 4.31. The van der Waals surface area contributed by atoms with E-state index in [1.54, 1.807) is 0 Å². The van der Waals surface area contributed by atoms with Gasteiger partial charge >= 0.3 is 11.9 Å². The molecule has 1 saturated heterocycles. The van der Waals surface area contributed by atoms with E-state index < -0.39 is 6.04 Å². The van der Waals surface area contributed by atoms with E-state index in [1.807, 2.05) is 6.92 Å². The molecule has 0 aromatic carbocycles. The molecule has 0 radical (unpaired) electrons. The molecule has 0 amide bonds. The molecule has 104 valence electrons. The van der Waals surface area contributed by atoms with Gasteiger partial charge in [-0.3, -0.25) is 9.59 Å². The molecule has 0 aliphatic carbocycles. The van der Waals surface area contributed by atoms with E-state index in [4.69, 9.17) is 4.74 Å². The number of carbonyl (C=O) groups excluding carboxylic acids is 2. The maximum Gasteiger partial charge on any atom is 0.323 e. The third-order valence-corrected chi connectivity index (χ3v) is 3.22. The Balaban J connectivity index is 0.00000289. The molecule has 5 nitrogen and oxygen atoms in total. The highest BCUT2D eigenvalue weighted by molar-refractivity contribution is 5.85. The summed E-state index contributed by atoms with van der Waals surface area (Å²) in [6, 6.07) is -0.458. The molecule has 0 spiro atoms. The number of esters is 2. The Labute approximate surface area is 113 Å². The lowest BCUT2D eigenvalue weighted by Gasteiger charge is -2.21. The molecular formula is C12H20ClNO4. The minimum absolute atomic E-state index is 0. The summed E-state index contributed by atoms with van der Waals surface area (Å²) in [5, 5.41) is 3.08. The molecule has 0 bridgehead atoms. The van der Waals surface area contributed by atoms with Crippen molar-refractivity contribution in [2.24, 2.45) is 11.8 Å². The van der Waals surface area contributed by atoms with E-state index >= 15 is 0 Å². The molecule has 1 rings (SSSR count). The highest BCUT2D eigenvalue weighted by Crippen LogP contribution is 2.31. The Hall–Kier alpha value is -1.07. The number of methoxy groups -OCH3 is 2. The van der Waals surface area contributed by atoms with Gasteiger partial charge in [0.15, 0.2) is 0 Å². The number of nitrogens with one attached hydrogen (secondary N) is 1.